The van der Waals surface area contributed by atoms with E-state index < -0.39 is 0 Å². The van der Waals surface area contributed by atoms with E-state index in [1.54, 1.807) is 11.3 Å². The molecular weight excluding hydrogens is 158 g/mol. The molecule has 0 spiro atoms. The van der Waals surface area contributed by atoms with E-state index in [-0.39, 0.29) is 0 Å². The molecule has 1 unspecified atom stereocenters. The highest BCUT2D eigenvalue weighted by Gasteiger charge is 2.26. The van der Waals surface area contributed by atoms with Gasteiger partial charge >= 0.3 is 0 Å². The van der Waals surface area contributed by atoms with Gasteiger partial charge in [0.1, 0.15) is 0 Å². The van der Waals surface area contributed by atoms with Crippen molar-refractivity contribution < 1.29 is 5.21 Å². The fraction of sp³-hybridized carbons (Fsp3) is 0.375. The molecule has 1 aliphatic carbocycles. The molecule has 0 saturated heterocycles. The first kappa shape index (κ1) is 6.85. The highest BCUT2D eigenvalue weighted by Crippen LogP contribution is 2.30. The summed E-state index contributed by atoms with van der Waals surface area (Å²) in [5.74, 6) is 0.391. The van der Waals surface area contributed by atoms with Crippen LogP contribution in [0.5, 0.6) is 0 Å². The average Bonchev–Trinajstić information content (AvgIpc) is 2.46. The third-order valence-corrected chi connectivity index (χ3v) is 3.03. The largest absolute Gasteiger partial charge is 0.411 e. The highest BCUT2D eigenvalue weighted by atomic mass is 32.1. The molecule has 0 saturated carbocycles. The van der Waals surface area contributed by atoms with Crippen LogP contribution in [0.15, 0.2) is 16.6 Å². The van der Waals surface area contributed by atoms with Crippen LogP contribution in [0.25, 0.3) is 0 Å². The van der Waals surface area contributed by atoms with Crippen LogP contribution in [-0.4, -0.2) is 10.9 Å². The minimum Gasteiger partial charge on any atom is -0.411 e. The Kier molecular flexibility index (Phi) is 1.46. The van der Waals surface area contributed by atoms with Crippen LogP contribution in [0.2, 0.25) is 0 Å². The van der Waals surface area contributed by atoms with Gasteiger partial charge in [-0.1, -0.05) is 12.1 Å². The molecule has 0 aliphatic heterocycles. The predicted octanol–water partition coefficient (Wildman–Crippen LogP) is 2.12. The fourth-order valence-corrected chi connectivity index (χ4v) is 2.53. The summed E-state index contributed by atoms with van der Waals surface area (Å²) in [7, 11) is 0. The maximum Gasteiger partial charge on any atom is 0.0910 e. The molecule has 0 bridgehead atoms. The lowest BCUT2D eigenvalue weighted by atomic mass is 10.1. The van der Waals surface area contributed by atoms with E-state index in [9.17, 15) is 0 Å². The van der Waals surface area contributed by atoms with Gasteiger partial charge in [-0.3, -0.25) is 0 Å². The number of nitrogens with zero attached hydrogens (tertiary/aromatic N) is 1. The Morgan fingerprint density at radius 1 is 1.73 bits per heavy atom. The summed E-state index contributed by atoms with van der Waals surface area (Å²) in [6.07, 6.45) is 1.03. The van der Waals surface area contributed by atoms with E-state index in [0.717, 1.165) is 17.7 Å². The summed E-state index contributed by atoms with van der Waals surface area (Å²) in [4.78, 5) is 1.35. The van der Waals surface area contributed by atoms with Gasteiger partial charge in [0.15, 0.2) is 0 Å². The smallest absolute Gasteiger partial charge is 0.0910 e. The van der Waals surface area contributed by atoms with E-state index in [1.807, 2.05) is 11.4 Å². The molecule has 1 aromatic rings. The summed E-state index contributed by atoms with van der Waals surface area (Å²) < 4.78 is 0. The number of rotatable bonds is 0. The fourth-order valence-electron chi connectivity index (χ4n) is 1.52. The number of oxime groups is 1. The van der Waals surface area contributed by atoms with Gasteiger partial charge in [0.25, 0.3) is 0 Å². The van der Waals surface area contributed by atoms with Crippen LogP contribution in [0.3, 0.4) is 0 Å². The lowest BCUT2D eigenvalue weighted by molar-refractivity contribution is 0.316. The van der Waals surface area contributed by atoms with Crippen molar-refractivity contribution in [2.75, 3.05) is 0 Å². The Morgan fingerprint density at radius 2 is 2.55 bits per heavy atom. The van der Waals surface area contributed by atoms with Crippen molar-refractivity contribution in [1.29, 1.82) is 0 Å². The second kappa shape index (κ2) is 2.34. The van der Waals surface area contributed by atoms with Gasteiger partial charge in [0, 0.05) is 16.4 Å². The molecule has 1 atom stereocenters. The number of hydrogen-bond acceptors (Lipinski definition) is 3. The zero-order valence-electron chi connectivity index (χ0n) is 6.24. The molecule has 0 amide bonds. The molecule has 2 nitrogen and oxygen atoms in total. The topological polar surface area (TPSA) is 32.6 Å². The molecule has 3 heteroatoms. The van der Waals surface area contributed by atoms with Gasteiger partial charge in [-0.15, -0.1) is 11.3 Å². The predicted molar refractivity (Wildman–Crippen MR) is 45.5 cm³/mol. The van der Waals surface area contributed by atoms with Crippen LogP contribution < -0.4 is 0 Å². The zero-order valence-corrected chi connectivity index (χ0v) is 7.06. The molecule has 1 aromatic heterocycles. The van der Waals surface area contributed by atoms with Crippen molar-refractivity contribution in [3.8, 4) is 0 Å². The number of hydrogen-bond donors (Lipinski definition) is 1. The minimum atomic E-state index is 0.391. The van der Waals surface area contributed by atoms with Crippen molar-refractivity contribution in [2.45, 2.75) is 13.3 Å². The van der Waals surface area contributed by atoms with Crippen molar-refractivity contribution in [1.82, 2.24) is 0 Å². The van der Waals surface area contributed by atoms with Gasteiger partial charge in [0.2, 0.25) is 0 Å². The van der Waals surface area contributed by atoms with Gasteiger partial charge in [0.05, 0.1) is 5.71 Å². The molecule has 1 aliphatic rings. The lowest BCUT2D eigenvalue weighted by Gasteiger charge is -1.99. The Bertz CT molecular complexity index is 303. The standard InChI is InChI=1S/C8H9NOS/c1-5-4-7-6(2-3-11-7)8(5)9-10/h2-3,5,10H,4H2,1H3. The summed E-state index contributed by atoms with van der Waals surface area (Å²) in [6, 6.07) is 2.03. The van der Waals surface area contributed by atoms with Gasteiger partial charge in [-0.05, 0) is 17.9 Å². The molecule has 2 rings (SSSR count). The van der Waals surface area contributed by atoms with E-state index in [0.29, 0.717) is 5.92 Å². The van der Waals surface area contributed by atoms with Crippen molar-refractivity contribution in [3.63, 3.8) is 0 Å². The molecule has 0 radical (unpaired) electrons. The minimum absolute atomic E-state index is 0.391. The third kappa shape index (κ3) is 0.878. The lowest BCUT2D eigenvalue weighted by Crippen LogP contribution is -2.05. The normalized spacial score (nSPS) is 25.9. The first-order chi connectivity index (χ1) is 5.33. The van der Waals surface area contributed by atoms with Crippen LogP contribution in [0.4, 0.5) is 0 Å². The second-order valence-corrected chi connectivity index (χ2v) is 3.85. The third-order valence-electron chi connectivity index (χ3n) is 2.09. The van der Waals surface area contributed by atoms with Crippen LogP contribution in [0.1, 0.15) is 17.4 Å². The molecule has 1 heterocycles. The maximum absolute atomic E-state index is 8.69. The molecular formula is C8H9NOS. The van der Waals surface area contributed by atoms with Crippen LogP contribution in [0, 0.1) is 5.92 Å². The van der Waals surface area contributed by atoms with Gasteiger partial charge < -0.3 is 5.21 Å². The highest BCUT2D eigenvalue weighted by molar-refractivity contribution is 7.10. The maximum atomic E-state index is 8.69. The Hall–Kier alpha value is -0.830. The van der Waals surface area contributed by atoms with Crippen molar-refractivity contribution in [3.05, 3.63) is 21.9 Å². The van der Waals surface area contributed by atoms with Crippen LogP contribution >= 0.6 is 11.3 Å². The number of fused-ring (bicyclic) bond motifs is 1. The van der Waals surface area contributed by atoms with E-state index >= 15 is 0 Å². The van der Waals surface area contributed by atoms with E-state index in [2.05, 4.69) is 12.1 Å². The monoisotopic (exact) mass is 167 g/mol. The first-order valence-corrected chi connectivity index (χ1v) is 4.49. The van der Waals surface area contributed by atoms with E-state index in [4.69, 9.17) is 5.21 Å². The Balaban J connectivity index is 2.52. The summed E-state index contributed by atoms with van der Waals surface area (Å²) >= 11 is 1.74. The Morgan fingerprint density at radius 3 is 3.27 bits per heavy atom. The van der Waals surface area contributed by atoms with Gasteiger partial charge in [-0.25, -0.2) is 0 Å². The molecule has 11 heavy (non-hydrogen) atoms. The quantitative estimate of drug-likeness (QED) is 0.466. The Labute approximate surface area is 69.2 Å². The summed E-state index contributed by atoms with van der Waals surface area (Å²) in [6.45, 7) is 2.09. The van der Waals surface area contributed by atoms with Crippen LogP contribution in [-0.2, 0) is 6.42 Å². The van der Waals surface area contributed by atoms with Gasteiger partial charge in [-0.2, -0.15) is 0 Å². The van der Waals surface area contributed by atoms with E-state index in [1.165, 1.54) is 4.88 Å². The molecule has 0 aromatic carbocycles. The summed E-state index contributed by atoms with van der Waals surface area (Å²) in [5.41, 5.74) is 1.99. The van der Waals surface area contributed by atoms with Crippen molar-refractivity contribution in [2.24, 2.45) is 11.1 Å². The molecule has 0 fully saturated rings. The average molecular weight is 167 g/mol. The SMILES string of the molecule is CC1Cc2sccc2C1=NO. The zero-order chi connectivity index (χ0) is 7.84. The first-order valence-electron chi connectivity index (χ1n) is 3.61. The molecule has 1 N–H and O–H groups in total. The molecule has 58 valence electrons. The van der Waals surface area contributed by atoms with Crippen molar-refractivity contribution >= 4 is 17.0 Å². The number of thiophene rings is 1. The second-order valence-electron chi connectivity index (χ2n) is 2.85. The summed E-state index contributed by atoms with van der Waals surface area (Å²) in [5, 5.41) is 14.0.